The Bertz CT molecular complexity index is 570. The van der Waals surface area contributed by atoms with Crippen LogP contribution in [-0.2, 0) is 11.4 Å². The van der Waals surface area contributed by atoms with Crippen LogP contribution < -0.4 is 5.32 Å². The third kappa shape index (κ3) is 3.07. The minimum absolute atomic E-state index is 0. The van der Waals surface area contributed by atoms with Crippen LogP contribution in [0, 0.1) is 0 Å². The van der Waals surface area contributed by atoms with Gasteiger partial charge in [0.05, 0.1) is 6.54 Å². The van der Waals surface area contributed by atoms with Crippen LogP contribution in [0.2, 0.25) is 10.0 Å². The van der Waals surface area contributed by atoms with E-state index in [4.69, 9.17) is 23.2 Å². The van der Waals surface area contributed by atoms with Crippen LogP contribution in [0.3, 0.4) is 0 Å². The van der Waals surface area contributed by atoms with Crippen LogP contribution in [0.15, 0.2) is 30.9 Å². The fraction of sp³-hybridized carbons (Fsp3) is 0.333. The summed E-state index contributed by atoms with van der Waals surface area (Å²) in [7, 11) is 0. The third-order valence-corrected chi connectivity index (χ3v) is 5.02. The van der Waals surface area contributed by atoms with Crippen molar-refractivity contribution in [1.29, 1.82) is 0 Å². The van der Waals surface area contributed by atoms with Gasteiger partial charge in [0.25, 0.3) is 0 Å². The molecule has 1 saturated heterocycles. The maximum Gasteiger partial charge on any atom is 0.137 e. The lowest BCUT2D eigenvalue weighted by molar-refractivity contribution is 0.422. The number of halogens is 3. The number of rotatable bonds is 3. The van der Waals surface area contributed by atoms with Crippen molar-refractivity contribution in [2.75, 3.05) is 12.3 Å². The van der Waals surface area contributed by atoms with E-state index in [-0.39, 0.29) is 17.3 Å². The molecule has 0 amide bonds. The van der Waals surface area contributed by atoms with Gasteiger partial charge >= 0.3 is 0 Å². The molecule has 3 rings (SSSR count). The average Bonchev–Trinajstić information content (AvgIpc) is 3.02. The molecule has 1 atom stereocenters. The maximum absolute atomic E-state index is 6.36. The molecular weight excluding hydrogens is 339 g/mol. The Hall–Kier alpha value is -0.460. The van der Waals surface area contributed by atoms with E-state index in [2.05, 4.69) is 15.4 Å². The van der Waals surface area contributed by atoms with E-state index < -0.39 is 0 Å². The van der Waals surface area contributed by atoms with Crippen molar-refractivity contribution < 1.29 is 0 Å². The molecule has 1 aromatic heterocycles. The SMILES string of the molecule is Cl.Clc1ccc(C2(Cn3cncn3)NCCS2)c(Cl)c1. The quantitative estimate of drug-likeness (QED) is 0.922. The second kappa shape index (κ2) is 6.54. The van der Waals surface area contributed by atoms with Crippen molar-refractivity contribution in [3.8, 4) is 0 Å². The highest BCUT2D eigenvalue weighted by atomic mass is 35.5. The molecule has 1 N–H and O–H groups in total. The van der Waals surface area contributed by atoms with Crippen LogP contribution in [0.1, 0.15) is 5.56 Å². The van der Waals surface area contributed by atoms with Crippen molar-refractivity contribution in [2.24, 2.45) is 0 Å². The van der Waals surface area contributed by atoms with Gasteiger partial charge in [-0.1, -0.05) is 29.3 Å². The lowest BCUT2D eigenvalue weighted by Crippen LogP contribution is -2.39. The van der Waals surface area contributed by atoms with Gasteiger partial charge in [0.2, 0.25) is 0 Å². The molecule has 8 heteroatoms. The molecule has 108 valence electrons. The Balaban J connectivity index is 0.00000147. The molecule has 1 fully saturated rings. The summed E-state index contributed by atoms with van der Waals surface area (Å²) in [6.07, 6.45) is 3.25. The first-order chi connectivity index (χ1) is 9.20. The topological polar surface area (TPSA) is 42.7 Å². The monoisotopic (exact) mass is 350 g/mol. The van der Waals surface area contributed by atoms with Gasteiger partial charge in [0.15, 0.2) is 0 Å². The van der Waals surface area contributed by atoms with Gasteiger partial charge < -0.3 is 0 Å². The summed E-state index contributed by atoms with van der Waals surface area (Å²) < 4.78 is 1.82. The zero-order chi connectivity index (χ0) is 13.3. The van der Waals surface area contributed by atoms with Crippen molar-refractivity contribution in [3.05, 3.63) is 46.5 Å². The number of nitrogens with zero attached hydrogens (tertiary/aromatic N) is 3. The predicted molar refractivity (Wildman–Crippen MR) is 85.9 cm³/mol. The van der Waals surface area contributed by atoms with Crippen molar-refractivity contribution in [1.82, 2.24) is 20.1 Å². The predicted octanol–water partition coefficient (Wildman–Crippen LogP) is 3.20. The number of benzene rings is 1. The molecule has 1 aliphatic rings. The molecule has 0 aliphatic carbocycles. The smallest absolute Gasteiger partial charge is 0.137 e. The van der Waals surface area contributed by atoms with E-state index in [1.807, 2.05) is 28.6 Å². The molecule has 2 aromatic rings. The summed E-state index contributed by atoms with van der Waals surface area (Å²) in [5.41, 5.74) is 1.04. The molecule has 1 unspecified atom stereocenters. The summed E-state index contributed by atoms with van der Waals surface area (Å²) in [4.78, 5) is 3.72. The van der Waals surface area contributed by atoms with E-state index in [0.29, 0.717) is 16.6 Å². The maximum atomic E-state index is 6.36. The second-order valence-electron chi connectivity index (χ2n) is 4.32. The van der Waals surface area contributed by atoms with Crippen LogP contribution in [0.25, 0.3) is 0 Å². The summed E-state index contributed by atoms with van der Waals surface area (Å²) in [6, 6.07) is 5.63. The van der Waals surface area contributed by atoms with Gasteiger partial charge in [0, 0.05) is 27.9 Å². The molecule has 0 spiro atoms. The van der Waals surface area contributed by atoms with Gasteiger partial charge in [0.1, 0.15) is 17.5 Å². The highest BCUT2D eigenvalue weighted by Crippen LogP contribution is 2.42. The number of hydrogen-bond acceptors (Lipinski definition) is 4. The standard InChI is InChI=1S/C12H12Cl2N4S.ClH/c13-9-1-2-10(11(14)5-9)12(16-3-4-19-12)6-18-8-15-7-17-18;/h1-2,5,7-8,16H,3-4,6H2;1H. The fourth-order valence-electron chi connectivity index (χ4n) is 2.25. The second-order valence-corrected chi connectivity index (χ2v) is 6.56. The fourth-order valence-corrected chi connectivity index (χ4v) is 4.19. The third-order valence-electron chi connectivity index (χ3n) is 3.08. The van der Waals surface area contributed by atoms with Crippen molar-refractivity contribution in [2.45, 2.75) is 11.4 Å². The largest absolute Gasteiger partial charge is 0.297 e. The summed E-state index contributed by atoms with van der Waals surface area (Å²) >= 11 is 14.2. The number of aromatic nitrogens is 3. The van der Waals surface area contributed by atoms with Crippen molar-refractivity contribution in [3.63, 3.8) is 0 Å². The Morgan fingerprint density at radius 3 is 2.85 bits per heavy atom. The lowest BCUT2D eigenvalue weighted by atomic mass is 10.1. The van der Waals surface area contributed by atoms with Crippen LogP contribution in [0.4, 0.5) is 0 Å². The number of thioether (sulfide) groups is 1. The number of nitrogens with one attached hydrogen (secondary N) is 1. The highest BCUT2D eigenvalue weighted by molar-refractivity contribution is 8.00. The molecule has 1 aliphatic heterocycles. The number of hydrogen-bond donors (Lipinski definition) is 1. The molecule has 4 nitrogen and oxygen atoms in total. The Kier molecular flexibility index (Phi) is 5.20. The average molecular weight is 352 g/mol. The molecule has 0 bridgehead atoms. The molecule has 0 radical (unpaired) electrons. The van der Waals surface area contributed by atoms with E-state index >= 15 is 0 Å². The first kappa shape index (κ1) is 15.9. The van der Waals surface area contributed by atoms with Gasteiger partial charge in [-0.3, -0.25) is 5.32 Å². The zero-order valence-electron chi connectivity index (χ0n) is 10.4. The van der Waals surface area contributed by atoms with Gasteiger partial charge in [-0.05, 0) is 12.1 Å². The summed E-state index contributed by atoms with van der Waals surface area (Å²) in [5, 5.41) is 9.03. The lowest BCUT2D eigenvalue weighted by Gasteiger charge is -2.30. The van der Waals surface area contributed by atoms with Gasteiger partial charge in [-0.2, -0.15) is 5.10 Å². The molecule has 2 heterocycles. The van der Waals surface area contributed by atoms with E-state index in [9.17, 15) is 0 Å². The first-order valence-corrected chi connectivity index (χ1v) is 7.61. The van der Waals surface area contributed by atoms with Gasteiger partial charge in [-0.15, -0.1) is 24.2 Å². The van der Waals surface area contributed by atoms with Crippen LogP contribution in [0.5, 0.6) is 0 Å². The van der Waals surface area contributed by atoms with E-state index in [1.54, 1.807) is 12.4 Å². The van der Waals surface area contributed by atoms with E-state index in [0.717, 1.165) is 17.9 Å². The Labute approximate surface area is 137 Å². The molecule has 1 aromatic carbocycles. The molecular formula is C12H13Cl3N4S. The van der Waals surface area contributed by atoms with Gasteiger partial charge in [-0.25, -0.2) is 9.67 Å². The van der Waals surface area contributed by atoms with E-state index in [1.165, 1.54) is 6.33 Å². The summed E-state index contributed by atoms with van der Waals surface area (Å²) in [5.74, 6) is 1.04. The normalized spacial score (nSPS) is 21.7. The van der Waals surface area contributed by atoms with Crippen molar-refractivity contribution >= 4 is 47.4 Å². The Morgan fingerprint density at radius 2 is 2.25 bits per heavy atom. The molecule has 20 heavy (non-hydrogen) atoms. The summed E-state index contributed by atoms with van der Waals surface area (Å²) in [6.45, 7) is 1.62. The minimum atomic E-state index is -0.268. The zero-order valence-corrected chi connectivity index (χ0v) is 13.6. The van der Waals surface area contributed by atoms with Crippen LogP contribution >= 0.6 is 47.4 Å². The Morgan fingerprint density at radius 1 is 1.40 bits per heavy atom. The molecule has 0 saturated carbocycles. The van der Waals surface area contributed by atoms with Crippen LogP contribution in [-0.4, -0.2) is 27.1 Å². The minimum Gasteiger partial charge on any atom is -0.297 e. The first-order valence-electron chi connectivity index (χ1n) is 5.86. The highest BCUT2D eigenvalue weighted by Gasteiger charge is 2.38.